The topological polar surface area (TPSA) is 17.1 Å². The van der Waals surface area contributed by atoms with Crippen molar-refractivity contribution in [1.29, 1.82) is 0 Å². The van der Waals surface area contributed by atoms with Crippen LogP contribution in [0.25, 0.3) is 0 Å². The Hall–Kier alpha value is -1.26. The van der Waals surface area contributed by atoms with E-state index in [-0.39, 0.29) is 11.3 Å². The maximum absolute atomic E-state index is 12.9. The van der Waals surface area contributed by atoms with Gasteiger partial charge in [-0.15, -0.1) is 11.3 Å². The minimum atomic E-state index is -1.03. The second kappa shape index (κ2) is 4.31. The van der Waals surface area contributed by atoms with Crippen LogP contribution in [-0.2, 0) is 0 Å². The van der Waals surface area contributed by atoms with Gasteiger partial charge < -0.3 is 0 Å². The maximum Gasteiger partial charge on any atom is 0.203 e. The summed E-state index contributed by atoms with van der Waals surface area (Å²) in [5.41, 5.74) is 0.109. The molecule has 2 rings (SSSR count). The van der Waals surface area contributed by atoms with Crippen molar-refractivity contribution < 1.29 is 13.6 Å². The lowest BCUT2D eigenvalue weighted by Gasteiger charge is -1.98. The lowest BCUT2D eigenvalue weighted by Crippen LogP contribution is -1.99. The van der Waals surface area contributed by atoms with Crippen molar-refractivity contribution in [1.82, 2.24) is 0 Å². The van der Waals surface area contributed by atoms with Gasteiger partial charge in [0.15, 0.2) is 11.6 Å². The van der Waals surface area contributed by atoms with E-state index in [4.69, 9.17) is 11.6 Å². The molecule has 0 amide bonds. The van der Waals surface area contributed by atoms with Crippen LogP contribution in [0.1, 0.15) is 15.2 Å². The Kier molecular flexibility index (Phi) is 3.03. The van der Waals surface area contributed by atoms with Crippen molar-refractivity contribution in [3.05, 3.63) is 56.7 Å². The van der Waals surface area contributed by atoms with Crippen LogP contribution >= 0.6 is 22.9 Å². The molecule has 0 unspecified atom stereocenters. The van der Waals surface area contributed by atoms with Crippen LogP contribution in [0.5, 0.6) is 0 Å². The number of rotatable bonds is 2. The van der Waals surface area contributed by atoms with Gasteiger partial charge >= 0.3 is 0 Å². The molecular formula is C11H5ClF2OS. The number of carbonyl (C=O) groups is 1. The van der Waals surface area contributed by atoms with Crippen molar-refractivity contribution >= 4 is 28.7 Å². The highest BCUT2D eigenvalue weighted by atomic mass is 35.5. The summed E-state index contributed by atoms with van der Waals surface area (Å²) in [7, 11) is 0. The van der Waals surface area contributed by atoms with Crippen LogP contribution in [0.3, 0.4) is 0 Å². The largest absolute Gasteiger partial charge is 0.288 e. The molecule has 1 aromatic heterocycles. The predicted octanol–water partition coefficient (Wildman–Crippen LogP) is 3.91. The SMILES string of the molecule is O=C(c1ccc(F)c(F)c1)c1ccc(Cl)s1. The molecule has 82 valence electrons. The van der Waals surface area contributed by atoms with Crippen LogP contribution in [-0.4, -0.2) is 5.78 Å². The first-order chi connectivity index (χ1) is 7.58. The minimum Gasteiger partial charge on any atom is -0.288 e. The summed E-state index contributed by atoms with van der Waals surface area (Å²) >= 11 is 6.78. The fourth-order valence-electron chi connectivity index (χ4n) is 1.22. The van der Waals surface area contributed by atoms with E-state index >= 15 is 0 Å². The first-order valence-corrected chi connectivity index (χ1v) is 5.52. The third-order valence-corrected chi connectivity index (χ3v) is 3.21. The summed E-state index contributed by atoms with van der Waals surface area (Å²) in [5, 5.41) is 0. The third kappa shape index (κ3) is 2.13. The second-order valence-electron chi connectivity index (χ2n) is 3.06. The van der Waals surface area contributed by atoms with E-state index in [1.807, 2.05) is 0 Å². The lowest BCUT2D eigenvalue weighted by molar-refractivity contribution is 0.104. The van der Waals surface area contributed by atoms with E-state index in [9.17, 15) is 13.6 Å². The molecule has 0 aliphatic carbocycles. The molecule has 0 bridgehead atoms. The zero-order valence-corrected chi connectivity index (χ0v) is 9.41. The van der Waals surface area contributed by atoms with Crippen molar-refractivity contribution in [3.63, 3.8) is 0 Å². The van der Waals surface area contributed by atoms with E-state index in [0.717, 1.165) is 23.5 Å². The predicted molar refractivity (Wildman–Crippen MR) is 59.1 cm³/mol. The molecule has 0 saturated heterocycles. The number of thiophene rings is 1. The number of carbonyl (C=O) groups excluding carboxylic acids is 1. The van der Waals surface area contributed by atoms with Crippen molar-refractivity contribution in [2.45, 2.75) is 0 Å². The Labute approximate surface area is 99.3 Å². The van der Waals surface area contributed by atoms with Crippen LogP contribution in [0.2, 0.25) is 4.34 Å². The zero-order chi connectivity index (χ0) is 11.7. The standard InChI is InChI=1S/C11H5ClF2OS/c12-10-4-3-9(16-10)11(15)6-1-2-7(13)8(14)5-6/h1-5H. The fraction of sp³-hybridized carbons (Fsp3) is 0. The Bertz CT molecular complexity index is 551. The van der Waals surface area contributed by atoms with Crippen LogP contribution in [0.15, 0.2) is 30.3 Å². The number of hydrogen-bond acceptors (Lipinski definition) is 2. The quantitative estimate of drug-likeness (QED) is 0.747. The molecule has 0 atom stereocenters. The molecule has 0 aliphatic heterocycles. The maximum atomic E-state index is 12.9. The molecule has 1 nitrogen and oxygen atoms in total. The molecule has 1 heterocycles. The normalized spacial score (nSPS) is 10.4. The van der Waals surface area contributed by atoms with Gasteiger partial charge in [-0.05, 0) is 30.3 Å². The second-order valence-corrected chi connectivity index (χ2v) is 4.78. The molecule has 5 heteroatoms. The fourth-order valence-corrected chi connectivity index (χ4v) is 2.22. The van der Waals surface area contributed by atoms with Gasteiger partial charge in [-0.25, -0.2) is 8.78 Å². The third-order valence-electron chi connectivity index (χ3n) is 1.98. The average molecular weight is 259 g/mol. The zero-order valence-electron chi connectivity index (χ0n) is 7.84. The van der Waals surface area contributed by atoms with Gasteiger partial charge in [0.05, 0.1) is 9.21 Å². The first kappa shape index (κ1) is 11.2. The Morgan fingerprint density at radius 1 is 1.12 bits per heavy atom. The molecule has 0 aliphatic rings. The lowest BCUT2D eigenvalue weighted by atomic mass is 10.1. The van der Waals surface area contributed by atoms with Gasteiger partial charge in [-0.1, -0.05) is 11.6 Å². The number of hydrogen-bond donors (Lipinski definition) is 0. The smallest absolute Gasteiger partial charge is 0.203 e. The van der Waals surface area contributed by atoms with Gasteiger partial charge in [-0.3, -0.25) is 4.79 Å². The molecule has 0 radical (unpaired) electrons. The summed E-state index contributed by atoms with van der Waals surface area (Å²) in [4.78, 5) is 12.2. The summed E-state index contributed by atoms with van der Waals surface area (Å²) in [6, 6.07) is 6.19. The molecule has 1 aromatic carbocycles. The van der Waals surface area contributed by atoms with Crippen molar-refractivity contribution in [2.75, 3.05) is 0 Å². The van der Waals surface area contributed by atoms with Gasteiger partial charge in [0.25, 0.3) is 0 Å². The Morgan fingerprint density at radius 3 is 2.44 bits per heavy atom. The minimum absolute atomic E-state index is 0.109. The molecule has 16 heavy (non-hydrogen) atoms. The van der Waals surface area contributed by atoms with E-state index in [0.29, 0.717) is 9.21 Å². The van der Waals surface area contributed by atoms with Gasteiger partial charge in [0.2, 0.25) is 5.78 Å². The molecular weight excluding hydrogens is 254 g/mol. The summed E-state index contributed by atoms with van der Waals surface area (Å²) < 4.78 is 26.1. The van der Waals surface area contributed by atoms with E-state index in [1.165, 1.54) is 6.07 Å². The van der Waals surface area contributed by atoms with Crippen LogP contribution in [0.4, 0.5) is 8.78 Å². The van der Waals surface area contributed by atoms with Gasteiger partial charge in [0.1, 0.15) is 0 Å². The summed E-state index contributed by atoms with van der Waals surface area (Å²) in [6.45, 7) is 0. The van der Waals surface area contributed by atoms with E-state index in [1.54, 1.807) is 12.1 Å². The van der Waals surface area contributed by atoms with Gasteiger partial charge in [-0.2, -0.15) is 0 Å². The van der Waals surface area contributed by atoms with E-state index in [2.05, 4.69) is 0 Å². The summed E-state index contributed by atoms with van der Waals surface area (Å²) in [6.07, 6.45) is 0. The van der Waals surface area contributed by atoms with Crippen LogP contribution < -0.4 is 0 Å². The van der Waals surface area contributed by atoms with Gasteiger partial charge in [0, 0.05) is 5.56 Å². The highest BCUT2D eigenvalue weighted by Gasteiger charge is 2.13. The molecule has 0 saturated carbocycles. The Balaban J connectivity index is 2.38. The summed E-state index contributed by atoms with van der Waals surface area (Å²) in [5.74, 6) is -2.37. The molecule has 0 N–H and O–H groups in total. The highest BCUT2D eigenvalue weighted by Crippen LogP contribution is 2.24. The molecule has 0 spiro atoms. The molecule has 0 fully saturated rings. The Morgan fingerprint density at radius 2 is 1.88 bits per heavy atom. The van der Waals surface area contributed by atoms with Crippen molar-refractivity contribution in [3.8, 4) is 0 Å². The number of ketones is 1. The number of benzene rings is 1. The first-order valence-electron chi connectivity index (χ1n) is 4.33. The van der Waals surface area contributed by atoms with E-state index < -0.39 is 11.6 Å². The van der Waals surface area contributed by atoms with Crippen molar-refractivity contribution in [2.24, 2.45) is 0 Å². The highest BCUT2D eigenvalue weighted by molar-refractivity contribution is 7.18. The average Bonchev–Trinajstić information content (AvgIpc) is 2.68. The van der Waals surface area contributed by atoms with Crippen LogP contribution in [0, 0.1) is 11.6 Å². The number of halogens is 3. The monoisotopic (exact) mass is 258 g/mol. The molecule has 2 aromatic rings.